The summed E-state index contributed by atoms with van der Waals surface area (Å²) in [4.78, 5) is 0. The molecule has 3 heteroatoms. The van der Waals surface area contributed by atoms with E-state index in [0.29, 0.717) is 11.5 Å². The second-order valence-electron chi connectivity index (χ2n) is 4.21. The van der Waals surface area contributed by atoms with Gasteiger partial charge in [0.1, 0.15) is 17.3 Å². The first kappa shape index (κ1) is 12.6. The van der Waals surface area contributed by atoms with E-state index < -0.39 is 0 Å². The molecule has 1 N–H and O–H groups in total. The third-order valence-corrected chi connectivity index (χ3v) is 2.77. The predicted molar refractivity (Wildman–Crippen MR) is 68.4 cm³/mol. The molecule has 0 spiro atoms. The van der Waals surface area contributed by atoms with Crippen LogP contribution in [0.2, 0.25) is 0 Å². The molecule has 0 aliphatic rings. The Morgan fingerprint density at radius 1 is 1.00 bits per heavy atom. The normalized spacial score (nSPS) is 12.2. The maximum Gasteiger partial charge on any atom is 0.127 e. The molecule has 0 saturated heterocycles. The van der Waals surface area contributed by atoms with Crippen LogP contribution in [0, 0.1) is 5.82 Å². The maximum atomic E-state index is 12.7. The zero-order chi connectivity index (χ0) is 13.0. The van der Waals surface area contributed by atoms with Crippen LogP contribution in [0.15, 0.2) is 48.5 Å². The van der Waals surface area contributed by atoms with Crippen molar-refractivity contribution in [2.24, 2.45) is 0 Å². The van der Waals surface area contributed by atoms with E-state index in [4.69, 9.17) is 9.84 Å². The summed E-state index contributed by atoms with van der Waals surface area (Å²) < 4.78 is 18.3. The number of aliphatic hydroxyl groups excluding tert-OH is 1. The predicted octanol–water partition coefficient (Wildman–Crippen LogP) is 3.71. The number of hydrogen-bond donors (Lipinski definition) is 1. The topological polar surface area (TPSA) is 29.5 Å². The van der Waals surface area contributed by atoms with E-state index in [1.165, 1.54) is 12.1 Å². The molecule has 2 nitrogen and oxygen atoms in total. The van der Waals surface area contributed by atoms with E-state index in [-0.39, 0.29) is 18.3 Å². The molecule has 0 bridgehead atoms. The SMILES string of the molecule is CC(CO)c1ccc(Oc2ccc(F)cc2)cc1. The van der Waals surface area contributed by atoms with Gasteiger partial charge in [-0.25, -0.2) is 4.39 Å². The Morgan fingerprint density at radius 3 is 2.00 bits per heavy atom. The molecule has 0 fully saturated rings. The lowest BCUT2D eigenvalue weighted by Crippen LogP contribution is -1.98. The van der Waals surface area contributed by atoms with Crippen molar-refractivity contribution in [3.8, 4) is 11.5 Å². The largest absolute Gasteiger partial charge is 0.457 e. The number of aliphatic hydroxyl groups is 1. The van der Waals surface area contributed by atoms with Crippen molar-refractivity contribution in [2.75, 3.05) is 6.61 Å². The van der Waals surface area contributed by atoms with E-state index in [2.05, 4.69) is 0 Å². The lowest BCUT2D eigenvalue weighted by molar-refractivity contribution is 0.273. The summed E-state index contributed by atoms with van der Waals surface area (Å²) in [5, 5.41) is 9.05. The Kier molecular flexibility index (Phi) is 3.95. The first-order chi connectivity index (χ1) is 8.69. The summed E-state index contributed by atoms with van der Waals surface area (Å²) in [6, 6.07) is 13.4. The molecule has 2 aromatic rings. The van der Waals surface area contributed by atoms with Gasteiger partial charge in [-0.2, -0.15) is 0 Å². The van der Waals surface area contributed by atoms with Gasteiger partial charge < -0.3 is 9.84 Å². The van der Waals surface area contributed by atoms with Crippen LogP contribution in [-0.2, 0) is 0 Å². The fraction of sp³-hybridized carbons (Fsp3) is 0.200. The maximum absolute atomic E-state index is 12.7. The minimum Gasteiger partial charge on any atom is -0.457 e. The lowest BCUT2D eigenvalue weighted by atomic mass is 10.0. The van der Waals surface area contributed by atoms with E-state index >= 15 is 0 Å². The van der Waals surface area contributed by atoms with E-state index in [0.717, 1.165) is 5.56 Å². The van der Waals surface area contributed by atoms with Crippen LogP contribution in [0.1, 0.15) is 18.4 Å². The summed E-state index contributed by atoms with van der Waals surface area (Å²) in [5.74, 6) is 1.12. The third-order valence-electron chi connectivity index (χ3n) is 2.77. The van der Waals surface area contributed by atoms with Crippen molar-refractivity contribution in [2.45, 2.75) is 12.8 Å². The van der Waals surface area contributed by atoms with Crippen LogP contribution in [0.4, 0.5) is 4.39 Å². The summed E-state index contributed by atoms with van der Waals surface area (Å²) in [5.41, 5.74) is 1.06. The smallest absolute Gasteiger partial charge is 0.127 e. The van der Waals surface area contributed by atoms with E-state index in [9.17, 15) is 4.39 Å². The molecule has 0 aromatic heterocycles. The van der Waals surface area contributed by atoms with Crippen LogP contribution >= 0.6 is 0 Å². The zero-order valence-electron chi connectivity index (χ0n) is 10.1. The van der Waals surface area contributed by atoms with Crippen LogP contribution in [0.3, 0.4) is 0 Å². The Balaban J connectivity index is 2.08. The Labute approximate surface area is 106 Å². The molecule has 0 aliphatic heterocycles. The van der Waals surface area contributed by atoms with Crippen molar-refractivity contribution in [3.63, 3.8) is 0 Å². The monoisotopic (exact) mass is 246 g/mol. The minimum atomic E-state index is -0.283. The van der Waals surface area contributed by atoms with Gasteiger partial charge in [0.05, 0.1) is 0 Å². The van der Waals surface area contributed by atoms with E-state index in [1.807, 2.05) is 31.2 Å². The number of benzene rings is 2. The van der Waals surface area contributed by atoms with Crippen molar-refractivity contribution >= 4 is 0 Å². The Hall–Kier alpha value is -1.87. The van der Waals surface area contributed by atoms with Gasteiger partial charge >= 0.3 is 0 Å². The fourth-order valence-electron chi connectivity index (χ4n) is 1.61. The standard InChI is InChI=1S/C15H15FO2/c1-11(10-17)12-2-6-14(7-3-12)18-15-8-4-13(16)5-9-15/h2-9,11,17H,10H2,1H3. The van der Waals surface area contributed by atoms with Crippen molar-refractivity contribution in [1.82, 2.24) is 0 Å². The second-order valence-corrected chi connectivity index (χ2v) is 4.21. The second kappa shape index (κ2) is 5.65. The first-order valence-electron chi connectivity index (χ1n) is 5.83. The van der Waals surface area contributed by atoms with Gasteiger partial charge in [-0.1, -0.05) is 19.1 Å². The number of halogens is 1. The molecular formula is C15H15FO2. The summed E-state index contributed by atoms with van der Waals surface area (Å²) in [6.45, 7) is 2.08. The van der Waals surface area contributed by atoms with Crippen LogP contribution in [-0.4, -0.2) is 11.7 Å². The average Bonchev–Trinajstić information content (AvgIpc) is 2.41. The highest BCUT2D eigenvalue weighted by molar-refractivity contribution is 5.34. The Bertz CT molecular complexity index is 491. The molecule has 18 heavy (non-hydrogen) atoms. The molecule has 0 aliphatic carbocycles. The van der Waals surface area contributed by atoms with Gasteiger partial charge in [-0.15, -0.1) is 0 Å². The van der Waals surface area contributed by atoms with E-state index in [1.54, 1.807) is 12.1 Å². The van der Waals surface area contributed by atoms with Crippen molar-refractivity contribution in [3.05, 3.63) is 59.9 Å². The molecule has 0 heterocycles. The van der Waals surface area contributed by atoms with Gasteiger partial charge in [-0.05, 0) is 42.0 Å². The first-order valence-corrected chi connectivity index (χ1v) is 5.83. The molecule has 1 unspecified atom stereocenters. The van der Waals surface area contributed by atoms with Gasteiger partial charge in [-0.3, -0.25) is 0 Å². The molecule has 0 radical (unpaired) electrons. The highest BCUT2D eigenvalue weighted by Crippen LogP contribution is 2.24. The zero-order valence-corrected chi connectivity index (χ0v) is 10.1. The summed E-state index contributed by atoms with van der Waals surface area (Å²) >= 11 is 0. The van der Waals surface area contributed by atoms with Crippen LogP contribution < -0.4 is 4.74 Å². The molecule has 2 rings (SSSR count). The number of hydrogen-bond acceptors (Lipinski definition) is 2. The van der Waals surface area contributed by atoms with Crippen LogP contribution in [0.25, 0.3) is 0 Å². The summed E-state index contributed by atoms with van der Waals surface area (Å²) in [6.07, 6.45) is 0. The Morgan fingerprint density at radius 2 is 1.50 bits per heavy atom. The van der Waals surface area contributed by atoms with Gasteiger partial charge in [0.2, 0.25) is 0 Å². The highest BCUT2D eigenvalue weighted by Gasteiger charge is 2.04. The summed E-state index contributed by atoms with van der Waals surface area (Å²) in [7, 11) is 0. The van der Waals surface area contributed by atoms with Gasteiger partial charge in [0, 0.05) is 12.5 Å². The molecule has 0 amide bonds. The highest BCUT2D eigenvalue weighted by atomic mass is 19.1. The van der Waals surface area contributed by atoms with Crippen LogP contribution in [0.5, 0.6) is 11.5 Å². The quantitative estimate of drug-likeness (QED) is 0.891. The van der Waals surface area contributed by atoms with Crippen molar-refractivity contribution < 1.29 is 14.2 Å². The molecule has 1 atom stereocenters. The number of rotatable bonds is 4. The third kappa shape index (κ3) is 3.08. The fourth-order valence-corrected chi connectivity index (χ4v) is 1.61. The lowest BCUT2D eigenvalue weighted by Gasteiger charge is -2.10. The average molecular weight is 246 g/mol. The molecule has 2 aromatic carbocycles. The molecular weight excluding hydrogens is 231 g/mol. The van der Waals surface area contributed by atoms with Gasteiger partial charge in [0.15, 0.2) is 0 Å². The van der Waals surface area contributed by atoms with Crippen molar-refractivity contribution in [1.29, 1.82) is 0 Å². The molecule has 0 saturated carbocycles. The molecule has 94 valence electrons. The van der Waals surface area contributed by atoms with Gasteiger partial charge in [0.25, 0.3) is 0 Å². The number of ether oxygens (including phenoxy) is 1. The minimum absolute atomic E-state index is 0.116.